The number of carboxylic acids is 1. The van der Waals surface area contributed by atoms with Gasteiger partial charge in [0, 0.05) is 19.5 Å². The summed E-state index contributed by atoms with van der Waals surface area (Å²) < 4.78 is 0. The first-order chi connectivity index (χ1) is 8.66. The number of hydrogen-bond acceptors (Lipinski definition) is 3. The summed E-state index contributed by atoms with van der Waals surface area (Å²) in [6, 6.07) is 3.72. The Balaban J connectivity index is 1.90. The number of hydrogen-bond donors (Lipinski definition) is 1. The van der Waals surface area contributed by atoms with Crippen LogP contribution >= 0.6 is 11.3 Å². The van der Waals surface area contributed by atoms with E-state index in [2.05, 4.69) is 0 Å². The molecule has 0 aromatic carbocycles. The molecule has 1 fully saturated rings. The van der Waals surface area contributed by atoms with Gasteiger partial charge in [-0.1, -0.05) is 6.07 Å². The second kappa shape index (κ2) is 6.00. The molecular weight excluding hydrogens is 250 g/mol. The summed E-state index contributed by atoms with van der Waals surface area (Å²) in [6.07, 6.45) is 2.87. The van der Waals surface area contributed by atoms with Crippen LogP contribution in [0.1, 0.15) is 35.4 Å². The average Bonchev–Trinajstić information content (AvgIpc) is 2.89. The smallest absolute Gasteiger partial charge is 0.303 e. The molecule has 18 heavy (non-hydrogen) atoms. The van der Waals surface area contributed by atoms with E-state index in [1.54, 1.807) is 0 Å². The monoisotopic (exact) mass is 267 g/mol. The summed E-state index contributed by atoms with van der Waals surface area (Å²) in [4.78, 5) is 25.4. The van der Waals surface area contributed by atoms with Crippen molar-refractivity contribution in [2.24, 2.45) is 5.92 Å². The molecule has 0 bridgehead atoms. The maximum Gasteiger partial charge on any atom is 0.303 e. The van der Waals surface area contributed by atoms with E-state index in [1.807, 2.05) is 22.4 Å². The highest BCUT2D eigenvalue weighted by Crippen LogP contribution is 2.23. The standard InChI is InChI=1S/C13H17NO3S/c15-12(16)6-5-10-3-1-7-14(9-10)13(17)11-4-2-8-18-11/h2,4,8,10H,1,3,5-7,9H2,(H,15,16)/t10-/m1/s1. The van der Waals surface area contributed by atoms with Gasteiger partial charge in [-0.3, -0.25) is 9.59 Å². The van der Waals surface area contributed by atoms with Gasteiger partial charge in [-0.05, 0) is 36.6 Å². The molecular formula is C13H17NO3S. The first-order valence-electron chi connectivity index (χ1n) is 6.21. The van der Waals surface area contributed by atoms with E-state index in [4.69, 9.17) is 5.11 Å². The van der Waals surface area contributed by atoms with E-state index in [0.29, 0.717) is 18.9 Å². The lowest BCUT2D eigenvalue weighted by atomic mass is 9.93. The van der Waals surface area contributed by atoms with Gasteiger partial charge in [0.05, 0.1) is 4.88 Å². The Bertz CT molecular complexity index is 416. The Morgan fingerprint density at radius 3 is 3.00 bits per heavy atom. The van der Waals surface area contributed by atoms with Gasteiger partial charge in [0.15, 0.2) is 0 Å². The van der Waals surface area contributed by atoms with Crippen molar-refractivity contribution >= 4 is 23.2 Å². The number of piperidine rings is 1. The normalized spacial score (nSPS) is 19.8. The van der Waals surface area contributed by atoms with E-state index in [9.17, 15) is 9.59 Å². The summed E-state index contributed by atoms with van der Waals surface area (Å²) in [5.74, 6) is -0.333. The van der Waals surface area contributed by atoms with E-state index < -0.39 is 5.97 Å². The summed E-state index contributed by atoms with van der Waals surface area (Å²) in [7, 11) is 0. The number of aliphatic carboxylic acids is 1. The number of thiophene rings is 1. The molecule has 1 amide bonds. The quantitative estimate of drug-likeness (QED) is 0.911. The van der Waals surface area contributed by atoms with Crippen LogP contribution in [0.4, 0.5) is 0 Å². The summed E-state index contributed by atoms with van der Waals surface area (Å²) in [6.45, 7) is 1.49. The molecule has 1 aromatic heterocycles. The van der Waals surface area contributed by atoms with Crippen molar-refractivity contribution in [1.29, 1.82) is 0 Å². The molecule has 4 nitrogen and oxygen atoms in total. The molecule has 0 saturated carbocycles. The Labute approximate surface area is 110 Å². The van der Waals surface area contributed by atoms with Gasteiger partial charge in [-0.15, -0.1) is 11.3 Å². The minimum atomic E-state index is -0.753. The molecule has 5 heteroatoms. The highest BCUT2D eigenvalue weighted by molar-refractivity contribution is 7.12. The molecule has 2 heterocycles. The van der Waals surface area contributed by atoms with Crippen LogP contribution < -0.4 is 0 Å². The van der Waals surface area contributed by atoms with Crippen LogP contribution in [-0.2, 0) is 4.79 Å². The molecule has 1 N–H and O–H groups in total. The molecule has 1 aromatic rings. The van der Waals surface area contributed by atoms with Crippen LogP contribution in [0.15, 0.2) is 17.5 Å². The molecule has 98 valence electrons. The van der Waals surface area contributed by atoms with Gasteiger partial charge in [0.1, 0.15) is 0 Å². The number of carboxylic acid groups (broad SMARTS) is 1. The zero-order chi connectivity index (χ0) is 13.0. The Morgan fingerprint density at radius 1 is 1.50 bits per heavy atom. The molecule has 2 rings (SSSR count). The van der Waals surface area contributed by atoms with Crippen molar-refractivity contribution in [3.63, 3.8) is 0 Å². The lowest BCUT2D eigenvalue weighted by Crippen LogP contribution is -2.39. The zero-order valence-electron chi connectivity index (χ0n) is 10.2. The third-order valence-corrected chi connectivity index (χ3v) is 4.16. The van der Waals surface area contributed by atoms with Crippen LogP contribution in [0.25, 0.3) is 0 Å². The van der Waals surface area contributed by atoms with Crippen molar-refractivity contribution in [3.05, 3.63) is 22.4 Å². The number of carbonyl (C=O) groups excluding carboxylic acids is 1. The molecule has 1 aliphatic heterocycles. The molecule has 1 saturated heterocycles. The SMILES string of the molecule is O=C(O)CC[C@H]1CCCN(C(=O)c2cccs2)C1. The minimum absolute atomic E-state index is 0.0880. The van der Waals surface area contributed by atoms with Crippen molar-refractivity contribution in [2.45, 2.75) is 25.7 Å². The highest BCUT2D eigenvalue weighted by atomic mass is 32.1. The van der Waals surface area contributed by atoms with E-state index in [-0.39, 0.29) is 12.3 Å². The van der Waals surface area contributed by atoms with Gasteiger partial charge in [-0.25, -0.2) is 0 Å². The number of amides is 1. The van der Waals surface area contributed by atoms with Crippen molar-refractivity contribution in [1.82, 2.24) is 4.90 Å². The molecule has 0 unspecified atom stereocenters. The minimum Gasteiger partial charge on any atom is -0.481 e. The van der Waals surface area contributed by atoms with E-state index >= 15 is 0 Å². The predicted octanol–water partition coefficient (Wildman–Crippen LogP) is 2.47. The summed E-state index contributed by atoms with van der Waals surface area (Å²) in [5.41, 5.74) is 0. The highest BCUT2D eigenvalue weighted by Gasteiger charge is 2.25. The van der Waals surface area contributed by atoms with Gasteiger partial charge >= 0.3 is 5.97 Å². The first kappa shape index (κ1) is 13.1. The van der Waals surface area contributed by atoms with Gasteiger partial charge in [-0.2, -0.15) is 0 Å². The fraction of sp³-hybridized carbons (Fsp3) is 0.538. The lowest BCUT2D eigenvalue weighted by molar-refractivity contribution is -0.137. The predicted molar refractivity (Wildman–Crippen MR) is 69.8 cm³/mol. The van der Waals surface area contributed by atoms with Crippen LogP contribution in [-0.4, -0.2) is 35.0 Å². The van der Waals surface area contributed by atoms with Crippen LogP contribution in [0.2, 0.25) is 0 Å². The molecule has 1 aliphatic rings. The number of likely N-dealkylation sites (tertiary alicyclic amines) is 1. The molecule has 0 spiro atoms. The van der Waals surface area contributed by atoms with Crippen LogP contribution in [0, 0.1) is 5.92 Å². The third-order valence-electron chi connectivity index (χ3n) is 3.30. The van der Waals surface area contributed by atoms with Crippen molar-refractivity contribution in [3.8, 4) is 0 Å². The number of rotatable bonds is 4. The van der Waals surface area contributed by atoms with Crippen LogP contribution in [0.5, 0.6) is 0 Å². The maximum atomic E-state index is 12.2. The summed E-state index contributed by atoms with van der Waals surface area (Å²) >= 11 is 1.46. The van der Waals surface area contributed by atoms with Crippen molar-refractivity contribution in [2.75, 3.05) is 13.1 Å². The Kier molecular flexibility index (Phi) is 4.36. The van der Waals surface area contributed by atoms with Crippen LogP contribution in [0.3, 0.4) is 0 Å². The topological polar surface area (TPSA) is 57.6 Å². The first-order valence-corrected chi connectivity index (χ1v) is 7.09. The molecule has 0 aliphatic carbocycles. The second-order valence-corrected chi connectivity index (χ2v) is 5.62. The van der Waals surface area contributed by atoms with Gasteiger partial charge in [0.2, 0.25) is 0 Å². The average molecular weight is 267 g/mol. The van der Waals surface area contributed by atoms with E-state index in [1.165, 1.54) is 11.3 Å². The Morgan fingerprint density at radius 2 is 2.33 bits per heavy atom. The fourth-order valence-corrected chi connectivity index (χ4v) is 3.06. The fourth-order valence-electron chi connectivity index (χ4n) is 2.37. The van der Waals surface area contributed by atoms with E-state index in [0.717, 1.165) is 24.3 Å². The zero-order valence-corrected chi connectivity index (χ0v) is 11.0. The van der Waals surface area contributed by atoms with Gasteiger partial charge in [0.25, 0.3) is 5.91 Å². The van der Waals surface area contributed by atoms with Crippen molar-refractivity contribution < 1.29 is 14.7 Å². The van der Waals surface area contributed by atoms with Gasteiger partial charge < -0.3 is 10.0 Å². The largest absolute Gasteiger partial charge is 0.481 e. The molecule has 0 radical (unpaired) electrons. The second-order valence-electron chi connectivity index (χ2n) is 4.67. The molecule has 1 atom stereocenters. The lowest BCUT2D eigenvalue weighted by Gasteiger charge is -2.32. The number of nitrogens with zero attached hydrogens (tertiary/aromatic N) is 1. The third kappa shape index (κ3) is 3.32. The number of carbonyl (C=O) groups is 2. The maximum absolute atomic E-state index is 12.2. The Hall–Kier alpha value is -1.36. The summed E-state index contributed by atoms with van der Waals surface area (Å²) in [5, 5.41) is 10.6.